The molecular formula is C28H28ClN3O2. The van der Waals surface area contributed by atoms with Crippen molar-refractivity contribution in [1.82, 2.24) is 9.55 Å². The van der Waals surface area contributed by atoms with Gasteiger partial charge in [0, 0.05) is 25.4 Å². The van der Waals surface area contributed by atoms with E-state index in [1.807, 2.05) is 48.5 Å². The summed E-state index contributed by atoms with van der Waals surface area (Å²) in [6.07, 6.45) is 1.27. The normalized spacial score (nSPS) is 15.9. The van der Waals surface area contributed by atoms with Crippen molar-refractivity contribution < 1.29 is 9.53 Å². The smallest absolute Gasteiger partial charge is 0.227 e. The number of hydrogen-bond acceptors (Lipinski definition) is 3. The molecule has 0 spiro atoms. The number of halogens is 1. The number of aryl methyl sites for hydroxylation is 3. The Hall–Kier alpha value is -3.31. The minimum Gasteiger partial charge on any atom is -0.493 e. The third-order valence-corrected chi connectivity index (χ3v) is 6.75. The van der Waals surface area contributed by atoms with Crippen molar-refractivity contribution in [2.24, 2.45) is 0 Å². The van der Waals surface area contributed by atoms with E-state index < -0.39 is 0 Å². The molecule has 4 aromatic rings. The van der Waals surface area contributed by atoms with Gasteiger partial charge in [0.2, 0.25) is 5.91 Å². The molecule has 0 unspecified atom stereocenters. The van der Waals surface area contributed by atoms with Gasteiger partial charge in [-0.1, -0.05) is 53.6 Å². The number of fused-ring (bicyclic) bond motifs is 1. The molecule has 2 heterocycles. The Balaban J connectivity index is 1.35. The third-order valence-electron chi connectivity index (χ3n) is 6.43. The van der Waals surface area contributed by atoms with Crippen LogP contribution in [-0.2, 0) is 11.3 Å². The molecule has 1 amide bonds. The van der Waals surface area contributed by atoms with Crippen LogP contribution in [0.5, 0.6) is 5.75 Å². The molecule has 1 saturated heterocycles. The van der Waals surface area contributed by atoms with Gasteiger partial charge in [-0.05, 0) is 56.2 Å². The molecule has 6 heteroatoms. The van der Waals surface area contributed by atoms with E-state index in [0.29, 0.717) is 24.6 Å². The first-order valence-corrected chi connectivity index (χ1v) is 12.1. The van der Waals surface area contributed by atoms with Crippen molar-refractivity contribution in [3.05, 3.63) is 88.7 Å². The third kappa shape index (κ3) is 4.40. The van der Waals surface area contributed by atoms with E-state index in [2.05, 4.69) is 36.6 Å². The molecule has 1 aliphatic heterocycles. The zero-order chi connectivity index (χ0) is 23.7. The van der Waals surface area contributed by atoms with Crippen LogP contribution in [-0.4, -0.2) is 28.6 Å². The molecule has 0 saturated carbocycles. The van der Waals surface area contributed by atoms with Crippen LogP contribution in [0.1, 0.15) is 35.7 Å². The predicted molar refractivity (Wildman–Crippen MR) is 137 cm³/mol. The maximum Gasteiger partial charge on any atom is 0.227 e. The van der Waals surface area contributed by atoms with Gasteiger partial charge >= 0.3 is 0 Å². The Labute approximate surface area is 204 Å². The van der Waals surface area contributed by atoms with E-state index in [0.717, 1.165) is 46.8 Å². The van der Waals surface area contributed by atoms with Gasteiger partial charge in [-0.2, -0.15) is 0 Å². The lowest BCUT2D eigenvalue weighted by Crippen LogP contribution is -2.24. The number of rotatable bonds is 7. The number of para-hydroxylation sites is 3. The van der Waals surface area contributed by atoms with Gasteiger partial charge in [0.05, 0.1) is 28.4 Å². The van der Waals surface area contributed by atoms with Crippen LogP contribution in [0, 0.1) is 13.8 Å². The standard InChI is InChI=1S/C28H28ClN3O2/c1-19-12-13-26(20(2)16-19)34-15-7-14-31-25-11-6-4-9-23(25)30-28(31)21-17-27(33)32(18-21)24-10-5-3-8-22(24)29/h3-6,8-13,16,21H,7,14-15,17-18H2,1-2H3/t21-/m1/s1. The summed E-state index contributed by atoms with van der Waals surface area (Å²) in [7, 11) is 0. The second-order valence-electron chi connectivity index (χ2n) is 8.94. The molecule has 1 atom stereocenters. The summed E-state index contributed by atoms with van der Waals surface area (Å²) in [6.45, 7) is 6.13. The van der Waals surface area contributed by atoms with E-state index in [9.17, 15) is 4.79 Å². The maximum atomic E-state index is 12.9. The fraction of sp³-hybridized carbons (Fsp3) is 0.286. The molecule has 5 rings (SSSR count). The first kappa shape index (κ1) is 22.5. The van der Waals surface area contributed by atoms with Crippen molar-refractivity contribution in [3.8, 4) is 5.75 Å². The highest BCUT2D eigenvalue weighted by atomic mass is 35.5. The maximum absolute atomic E-state index is 12.9. The van der Waals surface area contributed by atoms with Gasteiger partial charge in [0.15, 0.2) is 0 Å². The predicted octanol–water partition coefficient (Wildman–Crippen LogP) is 6.30. The van der Waals surface area contributed by atoms with E-state index >= 15 is 0 Å². The topological polar surface area (TPSA) is 47.4 Å². The Kier molecular flexibility index (Phi) is 6.29. The lowest BCUT2D eigenvalue weighted by Gasteiger charge is -2.18. The van der Waals surface area contributed by atoms with Crippen molar-refractivity contribution in [3.63, 3.8) is 0 Å². The SMILES string of the molecule is Cc1ccc(OCCCn2c([C@@H]3CC(=O)N(c4ccccc4Cl)C3)nc3ccccc32)c(C)c1. The highest BCUT2D eigenvalue weighted by Gasteiger charge is 2.35. The molecule has 3 aromatic carbocycles. The number of carbonyl (C=O) groups is 1. The summed E-state index contributed by atoms with van der Waals surface area (Å²) < 4.78 is 8.32. The number of amides is 1. The van der Waals surface area contributed by atoms with Crippen LogP contribution in [0.2, 0.25) is 5.02 Å². The van der Waals surface area contributed by atoms with Gasteiger partial charge in [0.25, 0.3) is 0 Å². The average molecular weight is 474 g/mol. The minimum atomic E-state index is 0.0106. The summed E-state index contributed by atoms with van der Waals surface area (Å²) in [5.41, 5.74) is 5.19. The highest BCUT2D eigenvalue weighted by Crippen LogP contribution is 2.36. The van der Waals surface area contributed by atoms with Crippen LogP contribution in [0.4, 0.5) is 5.69 Å². The van der Waals surface area contributed by atoms with Crippen molar-refractivity contribution in [1.29, 1.82) is 0 Å². The molecule has 0 N–H and O–H groups in total. The van der Waals surface area contributed by atoms with E-state index in [-0.39, 0.29) is 11.8 Å². The summed E-state index contributed by atoms with van der Waals surface area (Å²) in [6, 6.07) is 21.9. The van der Waals surface area contributed by atoms with Gasteiger partial charge in [-0.25, -0.2) is 4.98 Å². The Morgan fingerprint density at radius 1 is 1.06 bits per heavy atom. The molecule has 5 nitrogen and oxygen atoms in total. The van der Waals surface area contributed by atoms with Crippen LogP contribution < -0.4 is 9.64 Å². The van der Waals surface area contributed by atoms with Crippen molar-refractivity contribution in [2.45, 2.75) is 39.2 Å². The minimum absolute atomic E-state index is 0.0106. The molecule has 0 radical (unpaired) electrons. The summed E-state index contributed by atoms with van der Waals surface area (Å²) >= 11 is 6.38. The molecule has 1 aliphatic rings. The largest absolute Gasteiger partial charge is 0.493 e. The average Bonchev–Trinajstić information content (AvgIpc) is 3.38. The monoisotopic (exact) mass is 473 g/mol. The first-order chi connectivity index (χ1) is 16.5. The Morgan fingerprint density at radius 3 is 2.68 bits per heavy atom. The van der Waals surface area contributed by atoms with Gasteiger partial charge in [-0.3, -0.25) is 4.79 Å². The second-order valence-corrected chi connectivity index (χ2v) is 9.35. The van der Waals surface area contributed by atoms with Crippen LogP contribution >= 0.6 is 11.6 Å². The quantitative estimate of drug-likeness (QED) is 0.296. The fourth-order valence-electron chi connectivity index (χ4n) is 4.79. The molecule has 0 aliphatic carbocycles. The number of nitrogens with zero attached hydrogens (tertiary/aromatic N) is 3. The summed E-state index contributed by atoms with van der Waals surface area (Å²) in [5.74, 6) is 1.97. The zero-order valence-electron chi connectivity index (χ0n) is 19.5. The first-order valence-electron chi connectivity index (χ1n) is 11.7. The molecule has 1 aromatic heterocycles. The van der Waals surface area contributed by atoms with Crippen LogP contribution in [0.3, 0.4) is 0 Å². The number of ether oxygens (including phenoxy) is 1. The van der Waals surface area contributed by atoms with Crippen molar-refractivity contribution in [2.75, 3.05) is 18.1 Å². The fourth-order valence-corrected chi connectivity index (χ4v) is 5.03. The van der Waals surface area contributed by atoms with E-state index in [1.54, 1.807) is 4.90 Å². The number of aromatic nitrogens is 2. The number of benzene rings is 3. The van der Waals surface area contributed by atoms with Crippen molar-refractivity contribution >= 4 is 34.2 Å². The van der Waals surface area contributed by atoms with Gasteiger partial charge in [0.1, 0.15) is 11.6 Å². The van der Waals surface area contributed by atoms with Gasteiger partial charge in [-0.15, -0.1) is 0 Å². The Bertz CT molecular complexity index is 1350. The second kappa shape index (κ2) is 9.51. The number of carbonyl (C=O) groups excluding carboxylic acids is 1. The lowest BCUT2D eigenvalue weighted by molar-refractivity contribution is -0.117. The molecular weight excluding hydrogens is 446 g/mol. The van der Waals surface area contributed by atoms with E-state index in [4.69, 9.17) is 21.3 Å². The number of anilines is 1. The molecule has 174 valence electrons. The Morgan fingerprint density at radius 2 is 1.85 bits per heavy atom. The molecule has 1 fully saturated rings. The van der Waals surface area contributed by atoms with E-state index in [1.165, 1.54) is 5.56 Å². The summed E-state index contributed by atoms with van der Waals surface area (Å²) in [4.78, 5) is 19.7. The molecule has 0 bridgehead atoms. The summed E-state index contributed by atoms with van der Waals surface area (Å²) in [5, 5.41) is 0.591. The lowest BCUT2D eigenvalue weighted by atomic mass is 10.1. The number of imidazole rings is 1. The van der Waals surface area contributed by atoms with Crippen LogP contribution in [0.15, 0.2) is 66.7 Å². The zero-order valence-corrected chi connectivity index (χ0v) is 20.3. The molecule has 34 heavy (non-hydrogen) atoms. The number of hydrogen-bond donors (Lipinski definition) is 0. The van der Waals surface area contributed by atoms with Gasteiger partial charge < -0.3 is 14.2 Å². The highest BCUT2D eigenvalue weighted by molar-refractivity contribution is 6.33. The van der Waals surface area contributed by atoms with Crippen LogP contribution in [0.25, 0.3) is 11.0 Å².